The van der Waals surface area contributed by atoms with Gasteiger partial charge in [-0.2, -0.15) is 0 Å². The fraction of sp³-hybridized carbons (Fsp3) is 0.333. The van der Waals surface area contributed by atoms with Crippen molar-refractivity contribution in [2.75, 3.05) is 0 Å². The van der Waals surface area contributed by atoms with Gasteiger partial charge in [-0.3, -0.25) is 0 Å². The van der Waals surface area contributed by atoms with Crippen LogP contribution in [0.4, 0.5) is 0 Å². The van der Waals surface area contributed by atoms with Gasteiger partial charge in [0, 0.05) is 18.0 Å². The third-order valence-electron chi connectivity index (χ3n) is 2.09. The SMILES string of the molecule is Cc1cc(OC(C)C)nn1-c1ccccn1. The standard InChI is InChI=1S/C12H15N3O/c1-9(2)16-12-8-10(3)15(14-12)11-6-4-5-7-13-11/h4-9H,1-3H3. The Kier molecular flexibility index (Phi) is 2.90. The molecule has 0 fully saturated rings. The van der Waals surface area contributed by atoms with Crippen molar-refractivity contribution in [2.45, 2.75) is 26.9 Å². The van der Waals surface area contributed by atoms with Crippen LogP contribution >= 0.6 is 0 Å². The summed E-state index contributed by atoms with van der Waals surface area (Å²) >= 11 is 0. The number of hydrogen-bond acceptors (Lipinski definition) is 3. The van der Waals surface area contributed by atoms with Gasteiger partial charge in [0.15, 0.2) is 5.82 Å². The smallest absolute Gasteiger partial charge is 0.233 e. The molecule has 2 heterocycles. The lowest BCUT2D eigenvalue weighted by Crippen LogP contribution is -2.07. The Morgan fingerprint density at radius 2 is 2.12 bits per heavy atom. The molecule has 0 N–H and O–H groups in total. The van der Waals surface area contributed by atoms with Gasteiger partial charge < -0.3 is 4.74 Å². The van der Waals surface area contributed by atoms with E-state index in [1.54, 1.807) is 10.9 Å². The molecule has 16 heavy (non-hydrogen) atoms. The van der Waals surface area contributed by atoms with Crippen LogP contribution in [-0.4, -0.2) is 20.9 Å². The molecule has 0 amide bonds. The molecule has 0 saturated carbocycles. The van der Waals surface area contributed by atoms with E-state index in [2.05, 4.69) is 10.1 Å². The second-order valence-corrected chi connectivity index (χ2v) is 3.89. The number of pyridine rings is 1. The highest BCUT2D eigenvalue weighted by Gasteiger charge is 2.08. The minimum atomic E-state index is 0.131. The molecule has 2 aromatic heterocycles. The Balaban J connectivity index is 2.32. The van der Waals surface area contributed by atoms with Gasteiger partial charge in [-0.1, -0.05) is 6.07 Å². The molecule has 0 aliphatic heterocycles. The maximum absolute atomic E-state index is 5.54. The summed E-state index contributed by atoms with van der Waals surface area (Å²) < 4.78 is 7.31. The zero-order valence-corrected chi connectivity index (χ0v) is 9.71. The highest BCUT2D eigenvalue weighted by molar-refractivity contribution is 5.27. The Hall–Kier alpha value is -1.84. The molecule has 0 aliphatic rings. The van der Waals surface area contributed by atoms with Crippen molar-refractivity contribution in [2.24, 2.45) is 0 Å². The summed E-state index contributed by atoms with van der Waals surface area (Å²) in [4.78, 5) is 4.25. The average Bonchev–Trinajstić information content (AvgIpc) is 2.60. The van der Waals surface area contributed by atoms with Crippen LogP contribution in [0.3, 0.4) is 0 Å². The molecule has 0 spiro atoms. The molecule has 0 unspecified atom stereocenters. The Morgan fingerprint density at radius 3 is 2.75 bits per heavy atom. The van der Waals surface area contributed by atoms with E-state index in [9.17, 15) is 0 Å². The van der Waals surface area contributed by atoms with Crippen LogP contribution in [0.15, 0.2) is 30.5 Å². The van der Waals surface area contributed by atoms with Crippen molar-refractivity contribution in [3.63, 3.8) is 0 Å². The highest BCUT2D eigenvalue weighted by Crippen LogP contribution is 2.15. The van der Waals surface area contributed by atoms with E-state index in [1.165, 1.54) is 0 Å². The van der Waals surface area contributed by atoms with E-state index in [-0.39, 0.29) is 6.10 Å². The summed E-state index contributed by atoms with van der Waals surface area (Å²) in [5.41, 5.74) is 1.01. The second kappa shape index (κ2) is 4.35. The number of aryl methyl sites for hydroxylation is 1. The lowest BCUT2D eigenvalue weighted by molar-refractivity contribution is 0.231. The number of ether oxygens (including phenoxy) is 1. The summed E-state index contributed by atoms with van der Waals surface area (Å²) in [6, 6.07) is 7.65. The summed E-state index contributed by atoms with van der Waals surface area (Å²) in [6.07, 6.45) is 1.88. The molecular weight excluding hydrogens is 202 g/mol. The Morgan fingerprint density at radius 1 is 1.31 bits per heavy atom. The number of rotatable bonds is 3. The molecular formula is C12H15N3O. The largest absolute Gasteiger partial charge is 0.474 e. The van der Waals surface area contributed by atoms with Crippen LogP contribution < -0.4 is 4.74 Å². The fourth-order valence-corrected chi connectivity index (χ4v) is 1.46. The molecule has 4 nitrogen and oxygen atoms in total. The van der Waals surface area contributed by atoms with Crippen LogP contribution in [-0.2, 0) is 0 Å². The van der Waals surface area contributed by atoms with E-state index >= 15 is 0 Å². The second-order valence-electron chi connectivity index (χ2n) is 3.89. The Bertz CT molecular complexity index is 462. The maximum atomic E-state index is 5.54. The van der Waals surface area contributed by atoms with E-state index in [1.807, 2.05) is 45.0 Å². The van der Waals surface area contributed by atoms with Crippen LogP contribution in [0.25, 0.3) is 5.82 Å². The number of aromatic nitrogens is 3. The van der Waals surface area contributed by atoms with Gasteiger partial charge in [0.25, 0.3) is 0 Å². The first kappa shape index (κ1) is 10.7. The predicted octanol–water partition coefficient (Wildman–Crippen LogP) is 2.36. The summed E-state index contributed by atoms with van der Waals surface area (Å²) in [7, 11) is 0. The van der Waals surface area contributed by atoms with Gasteiger partial charge in [0.05, 0.1) is 6.10 Å². The Labute approximate surface area is 94.9 Å². The van der Waals surface area contributed by atoms with Crippen molar-refractivity contribution in [3.05, 3.63) is 36.2 Å². The first-order chi connectivity index (χ1) is 7.66. The van der Waals surface area contributed by atoms with Crippen LogP contribution in [0.2, 0.25) is 0 Å². The molecule has 0 saturated heterocycles. The molecule has 4 heteroatoms. The van der Waals surface area contributed by atoms with E-state index < -0.39 is 0 Å². The van der Waals surface area contributed by atoms with E-state index in [4.69, 9.17) is 4.74 Å². The van der Waals surface area contributed by atoms with Crippen molar-refractivity contribution in [3.8, 4) is 11.7 Å². The monoisotopic (exact) mass is 217 g/mol. The zero-order chi connectivity index (χ0) is 11.5. The maximum Gasteiger partial charge on any atom is 0.233 e. The normalized spacial score (nSPS) is 10.8. The summed E-state index contributed by atoms with van der Waals surface area (Å²) in [5, 5.41) is 4.35. The van der Waals surface area contributed by atoms with Crippen LogP contribution in [0, 0.1) is 6.92 Å². The van der Waals surface area contributed by atoms with Crippen molar-refractivity contribution in [1.82, 2.24) is 14.8 Å². The van der Waals surface area contributed by atoms with Crippen molar-refractivity contribution < 1.29 is 4.74 Å². The first-order valence-corrected chi connectivity index (χ1v) is 5.31. The molecule has 0 bridgehead atoms. The predicted molar refractivity (Wildman–Crippen MR) is 61.9 cm³/mol. The topological polar surface area (TPSA) is 39.9 Å². The van der Waals surface area contributed by atoms with Crippen LogP contribution in [0.1, 0.15) is 19.5 Å². The van der Waals surface area contributed by atoms with Gasteiger partial charge in [0.2, 0.25) is 5.88 Å². The van der Waals surface area contributed by atoms with E-state index in [0.29, 0.717) is 5.88 Å². The van der Waals surface area contributed by atoms with Gasteiger partial charge in [0.1, 0.15) is 0 Å². The number of hydrogen-bond donors (Lipinski definition) is 0. The van der Waals surface area contributed by atoms with Gasteiger partial charge in [-0.25, -0.2) is 9.67 Å². The lowest BCUT2D eigenvalue weighted by Gasteiger charge is -2.05. The molecule has 0 aliphatic carbocycles. The molecule has 0 atom stereocenters. The minimum absolute atomic E-state index is 0.131. The van der Waals surface area contributed by atoms with Gasteiger partial charge in [-0.15, -0.1) is 5.10 Å². The molecule has 2 aromatic rings. The molecule has 0 aromatic carbocycles. The summed E-state index contributed by atoms with van der Waals surface area (Å²) in [5.74, 6) is 1.44. The van der Waals surface area contributed by atoms with Crippen molar-refractivity contribution >= 4 is 0 Å². The quantitative estimate of drug-likeness (QED) is 0.792. The third-order valence-corrected chi connectivity index (χ3v) is 2.09. The van der Waals surface area contributed by atoms with E-state index in [0.717, 1.165) is 11.5 Å². The van der Waals surface area contributed by atoms with Crippen LogP contribution in [0.5, 0.6) is 5.88 Å². The highest BCUT2D eigenvalue weighted by atomic mass is 16.5. The van der Waals surface area contributed by atoms with Crippen molar-refractivity contribution in [1.29, 1.82) is 0 Å². The molecule has 84 valence electrons. The average molecular weight is 217 g/mol. The summed E-state index contributed by atoms with van der Waals surface area (Å²) in [6.45, 7) is 5.94. The fourth-order valence-electron chi connectivity index (χ4n) is 1.46. The third kappa shape index (κ3) is 2.21. The minimum Gasteiger partial charge on any atom is -0.474 e. The van der Waals surface area contributed by atoms with Gasteiger partial charge in [-0.05, 0) is 32.9 Å². The number of nitrogens with zero attached hydrogens (tertiary/aromatic N) is 3. The molecule has 2 rings (SSSR count). The first-order valence-electron chi connectivity index (χ1n) is 5.31. The van der Waals surface area contributed by atoms with Gasteiger partial charge >= 0.3 is 0 Å². The molecule has 0 radical (unpaired) electrons. The lowest BCUT2D eigenvalue weighted by atomic mass is 10.4. The zero-order valence-electron chi connectivity index (χ0n) is 9.71.